The van der Waals surface area contributed by atoms with Gasteiger partial charge in [-0.25, -0.2) is 4.98 Å². The Morgan fingerprint density at radius 2 is 1.87 bits per heavy atom. The number of carbonyl (C=O) groups excluding carboxylic acids is 1. The lowest BCUT2D eigenvalue weighted by Crippen LogP contribution is -2.34. The maximum Gasteiger partial charge on any atom is 0.232 e. The Balaban J connectivity index is 1.48. The van der Waals surface area contributed by atoms with E-state index in [2.05, 4.69) is 45.2 Å². The second kappa shape index (κ2) is 5.65. The van der Waals surface area contributed by atoms with Crippen molar-refractivity contribution in [2.75, 3.05) is 29.9 Å². The van der Waals surface area contributed by atoms with Crippen molar-refractivity contribution < 1.29 is 4.79 Å². The molecule has 1 fully saturated rings. The lowest BCUT2D eigenvalue weighted by atomic mass is 9.90. The van der Waals surface area contributed by atoms with Gasteiger partial charge in [0.1, 0.15) is 5.82 Å². The van der Waals surface area contributed by atoms with Crippen LogP contribution in [0, 0.1) is 0 Å². The van der Waals surface area contributed by atoms with Crippen molar-refractivity contribution in [3.8, 4) is 0 Å². The molecule has 2 aromatic rings. The van der Waals surface area contributed by atoms with Crippen molar-refractivity contribution in [1.29, 1.82) is 0 Å². The number of hydrogen-bond acceptors (Lipinski definition) is 4. The monoisotopic (exact) mass is 308 g/mol. The van der Waals surface area contributed by atoms with E-state index in [1.54, 1.807) is 11.9 Å². The molecule has 1 saturated heterocycles. The molecule has 1 aromatic heterocycles. The molecular formula is C18H20N4O. The van der Waals surface area contributed by atoms with Gasteiger partial charge in [0.2, 0.25) is 11.9 Å². The Kier molecular flexibility index (Phi) is 3.48. The molecule has 0 unspecified atom stereocenters. The van der Waals surface area contributed by atoms with Crippen molar-refractivity contribution >= 4 is 17.7 Å². The van der Waals surface area contributed by atoms with Crippen LogP contribution in [0.2, 0.25) is 0 Å². The first-order chi connectivity index (χ1) is 11.2. The number of rotatable bonds is 2. The molecule has 1 amide bonds. The minimum absolute atomic E-state index is 0.0919. The van der Waals surface area contributed by atoms with Crippen LogP contribution in [0.4, 0.5) is 11.8 Å². The van der Waals surface area contributed by atoms with Gasteiger partial charge >= 0.3 is 0 Å². The SMILES string of the molecule is CN1C(=O)Cc2cnc(N3CCC(c4ccccc4)CC3)nc21. The molecule has 0 N–H and O–H groups in total. The van der Waals surface area contributed by atoms with Crippen LogP contribution in [0.3, 0.4) is 0 Å². The van der Waals surface area contributed by atoms with Gasteiger partial charge in [-0.3, -0.25) is 9.69 Å². The second-order valence-corrected chi connectivity index (χ2v) is 6.32. The molecule has 2 aliphatic rings. The van der Waals surface area contributed by atoms with Crippen molar-refractivity contribution in [3.63, 3.8) is 0 Å². The van der Waals surface area contributed by atoms with E-state index in [9.17, 15) is 4.79 Å². The van der Waals surface area contributed by atoms with Gasteiger partial charge < -0.3 is 4.90 Å². The van der Waals surface area contributed by atoms with E-state index in [-0.39, 0.29) is 5.91 Å². The van der Waals surface area contributed by atoms with Gasteiger partial charge in [-0.05, 0) is 24.3 Å². The van der Waals surface area contributed by atoms with Crippen LogP contribution < -0.4 is 9.80 Å². The molecule has 5 heteroatoms. The Morgan fingerprint density at radius 3 is 2.61 bits per heavy atom. The summed E-state index contributed by atoms with van der Waals surface area (Å²) in [6.07, 6.45) is 4.45. The van der Waals surface area contributed by atoms with Gasteiger partial charge in [0, 0.05) is 31.9 Å². The minimum Gasteiger partial charge on any atom is -0.341 e. The molecule has 0 bridgehead atoms. The smallest absolute Gasteiger partial charge is 0.232 e. The Hall–Kier alpha value is -2.43. The first kappa shape index (κ1) is 14.2. The lowest BCUT2D eigenvalue weighted by molar-refractivity contribution is -0.117. The third-order valence-electron chi connectivity index (χ3n) is 4.91. The molecule has 23 heavy (non-hydrogen) atoms. The lowest BCUT2D eigenvalue weighted by Gasteiger charge is -2.32. The highest BCUT2D eigenvalue weighted by Crippen LogP contribution is 2.31. The number of benzene rings is 1. The van der Waals surface area contributed by atoms with Crippen LogP contribution in [0.5, 0.6) is 0 Å². The van der Waals surface area contributed by atoms with Crippen LogP contribution in [0.1, 0.15) is 29.9 Å². The first-order valence-corrected chi connectivity index (χ1v) is 8.15. The van der Waals surface area contributed by atoms with E-state index in [1.807, 2.05) is 6.20 Å². The second-order valence-electron chi connectivity index (χ2n) is 6.32. The quantitative estimate of drug-likeness (QED) is 0.855. The average Bonchev–Trinajstić information content (AvgIpc) is 2.90. The molecule has 0 aliphatic carbocycles. The molecule has 1 aromatic carbocycles. The Morgan fingerprint density at radius 1 is 1.13 bits per heavy atom. The van der Waals surface area contributed by atoms with E-state index in [4.69, 9.17) is 0 Å². The third kappa shape index (κ3) is 2.56. The molecule has 118 valence electrons. The van der Waals surface area contributed by atoms with E-state index >= 15 is 0 Å². The van der Waals surface area contributed by atoms with Crippen LogP contribution in [0.25, 0.3) is 0 Å². The molecule has 0 spiro atoms. The van der Waals surface area contributed by atoms with Crippen molar-refractivity contribution in [3.05, 3.63) is 47.7 Å². The van der Waals surface area contributed by atoms with Crippen LogP contribution in [0.15, 0.2) is 36.5 Å². The molecular weight excluding hydrogens is 288 g/mol. The van der Waals surface area contributed by atoms with Gasteiger partial charge in [-0.1, -0.05) is 30.3 Å². The maximum absolute atomic E-state index is 11.8. The summed E-state index contributed by atoms with van der Waals surface area (Å²) in [4.78, 5) is 24.7. The molecule has 3 heterocycles. The number of anilines is 2. The number of aromatic nitrogens is 2. The molecule has 0 saturated carbocycles. The van der Waals surface area contributed by atoms with Gasteiger partial charge in [-0.15, -0.1) is 0 Å². The molecule has 0 atom stereocenters. The van der Waals surface area contributed by atoms with Crippen molar-refractivity contribution in [1.82, 2.24) is 9.97 Å². The van der Waals surface area contributed by atoms with E-state index in [1.165, 1.54) is 5.56 Å². The third-order valence-corrected chi connectivity index (χ3v) is 4.91. The highest BCUT2D eigenvalue weighted by molar-refractivity contribution is 5.99. The van der Waals surface area contributed by atoms with Gasteiger partial charge in [-0.2, -0.15) is 4.98 Å². The largest absolute Gasteiger partial charge is 0.341 e. The van der Waals surface area contributed by atoms with Gasteiger partial charge in [0.25, 0.3) is 0 Å². The summed E-state index contributed by atoms with van der Waals surface area (Å²) < 4.78 is 0. The zero-order valence-corrected chi connectivity index (χ0v) is 13.3. The fourth-order valence-electron chi connectivity index (χ4n) is 3.49. The van der Waals surface area contributed by atoms with Crippen LogP contribution >= 0.6 is 0 Å². The number of amides is 1. The fraction of sp³-hybridized carbons (Fsp3) is 0.389. The molecule has 5 nitrogen and oxygen atoms in total. The zero-order chi connectivity index (χ0) is 15.8. The van der Waals surface area contributed by atoms with Crippen molar-refractivity contribution in [2.45, 2.75) is 25.2 Å². The summed E-state index contributed by atoms with van der Waals surface area (Å²) in [5, 5.41) is 0. The summed E-state index contributed by atoms with van der Waals surface area (Å²) in [7, 11) is 1.78. The molecule has 0 radical (unpaired) electrons. The Labute approximate surface area is 136 Å². The molecule has 2 aliphatic heterocycles. The number of fused-ring (bicyclic) bond motifs is 1. The summed E-state index contributed by atoms with van der Waals surface area (Å²) in [6.45, 7) is 1.91. The standard InChI is InChI=1S/C18H20N4O/c1-21-16(23)11-15-12-19-18(20-17(15)21)22-9-7-14(8-10-22)13-5-3-2-4-6-13/h2-6,12,14H,7-11H2,1H3. The highest BCUT2D eigenvalue weighted by Gasteiger charge is 2.28. The highest BCUT2D eigenvalue weighted by atomic mass is 16.2. The van der Waals surface area contributed by atoms with Gasteiger partial charge in [0.15, 0.2) is 0 Å². The topological polar surface area (TPSA) is 49.3 Å². The summed E-state index contributed by atoms with van der Waals surface area (Å²) >= 11 is 0. The molecule has 4 rings (SSSR count). The van der Waals surface area contributed by atoms with E-state index in [0.717, 1.165) is 43.3 Å². The van der Waals surface area contributed by atoms with E-state index in [0.29, 0.717) is 12.3 Å². The van der Waals surface area contributed by atoms with Crippen LogP contribution in [-0.4, -0.2) is 36.0 Å². The summed E-state index contributed by atoms with van der Waals surface area (Å²) in [6, 6.07) is 10.7. The predicted molar refractivity (Wildman–Crippen MR) is 89.8 cm³/mol. The fourth-order valence-corrected chi connectivity index (χ4v) is 3.49. The number of likely N-dealkylation sites (N-methyl/N-ethyl adjacent to an activating group) is 1. The van der Waals surface area contributed by atoms with Crippen molar-refractivity contribution in [2.24, 2.45) is 0 Å². The van der Waals surface area contributed by atoms with Gasteiger partial charge in [0.05, 0.1) is 6.42 Å². The van der Waals surface area contributed by atoms with E-state index < -0.39 is 0 Å². The summed E-state index contributed by atoms with van der Waals surface area (Å²) in [5.74, 6) is 2.22. The number of hydrogen-bond donors (Lipinski definition) is 0. The predicted octanol–water partition coefficient (Wildman–Crippen LogP) is 2.38. The number of carbonyl (C=O) groups is 1. The Bertz CT molecular complexity index is 723. The minimum atomic E-state index is 0.0919. The normalized spacial score (nSPS) is 18.4. The summed E-state index contributed by atoms with van der Waals surface area (Å²) in [5.41, 5.74) is 2.35. The first-order valence-electron chi connectivity index (χ1n) is 8.15. The number of nitrogens with zero attached hydrogens (tertiary/aromatic N) is 4. The maximum atomic E-state index is 11.8. The number of piperidine rings is 1. The average molecular weight is 308 g/mol. The van der Waals surface area contributed by atoms with Crippen LogP contribution in [-0.2, 0) is 11.2 Å². The zero-order valence-electron chi connectivity index (χ0n) is 13.3.